The molecule has 1 aromatic rings. The molecule has 0 spiro atoms. The van der Waals surface area contributed by atoms with Gasteiger partial charge in [-0.05, 0) is 24.6 Å². The number of nitrogens with one attached hydrogen (secondary N) is 1. The lowest BCUT2D eigenvalue weighted by Crippen LogP contribution is -2.35. The zero-order chi connectivity index (χ0) is 16.1. The first-order valence-electron chi connectivity index (χ1n) is 7.23. The fourth-order valence-corrected chi connectivity index (χ4v) is 2.34. The molecule has 0 radical (unpaired) electrons. The molecular weight excluding hydrogens is 284 g/mol. The van der Waals surface area contributed by atoms with Gasteiger partial charge in [0.05, 0.1) is 13.2 Å². The maximum atomic E-state index is 12.0. The second-order valence-corrected chi connectivity index (χ2v) is 5.40. The number of benzene rings is 1. The lowest BCUT2D eigenvalue weighted by Gasteiger charge is -2.15. The molecule has 1 heterocycles. The molecule has 1 saturated heterocycles. The van der Waals surface area contributed by atoms with Crippen molar-refractivity contribution in [2.75, 3.05) is 13.7 Å². The lowest BCUT2D eigenvalue weighted by atomic mass is 10.1. The van der Waals surface area contributed by atoms with Crippen molar-refractivity contribution in [3.05, 3.63) is 35.4 Å². The number of rotatable bonds is 6. The van der Waals surface area contributed by atoms with Gasteiger partial charge in [-0.25, -0.2) is 0 Å². The molecule has 0 saturated carbocycles. The predicted molar refractivity (Wildman–Crippen MR) is 80.0 cm³/mol. The highest BCUT2D eigenvalue weighted by Gasteiger charge is 2.28. The van der Waals surface area contributed by atoms with E-state index in [1.807, 2.05) is 6.92 Å². The maximum absolute atomic E-state index is 12.0. The lowest BCUT2D eigenvalue weighted by molar-refractivity contribution is -0.139. The van der Waals surface area contributed by atoms with E-state index >= 15 is 0 Å². The Kier molecular flexibility index (Phi) is 5.27. The van der Waals surface area contributed by atoms with Gasteiger partial charge in [-0.1, -0.05) is 12.1 Å². The number of likely N-dealkylation sites (tertiary alicyclic amines) is 1. The van der Waals surface area contributed by atoms with E-state index in [9.17, 15) is 14.4 Å². The summed E-state index contributed by atoms with van der Waals surface area (Å²) in [6, 6.07) is 6.82. The summed E-state index contributed by atoms with van der Waals surface area (Å²) < 4.78 is 4.97. The fourth-order valence-electron chi connectivity index (χ4n) is 2.34. The number of ether oxygens (including phenoxy) is 1. The number of amides is 3. The van der Waals surface area contributed by atoms with Crippen molar-refractivity contribution >= 4 is 17.7 Å². The Balaban J connectivity index is 1.96. The van der Waals surface area contributed by atoms with Gasteiger partial charge in [0.1, 0.15) is 0 Å². The van der Waals surface area contributed by atoms with Gasteiger partial charge in [0.25, 0.3) is 5.91 Å². The number of methoxy groups -OCH3 is 1. The molecule has 1 aromatic carbocycles. The molecule has 1 unspecified atom stereocenters. The first kappa shape index (κ1) is 16.2. The molecule has 1 atom stereocenters. The Morgan fingerprint density at radius 1 is 1.23 bits per heavy atom. The van der Waals surface area contributed by atoms with Crippen LogP contribution in [0, 0.1) is 0 Å². The maximum Gasteiger partial charge on any atom is 0.251 e. The first-order chi connectivity index (χ1) is 10.5. The van der Waals surface area contributed by atoms with Gasteiger partial charge in [0.2, 0.25) is 11.8 Å². The van der Waals surface area contributed by atoms with Crippen LogP contribution in [0.2, 0.25) is 0 Å². The van der Waals surface area contributed by atoms with Crippen molar-refractivity contribution in [1.29, 1.82) is 0 Å². The van der Waals surface area contributed by atoms with Crippen molar-refractivity contribution in [3.8, 4) is 0 Å². The van der Waals surface area contributed by atoms with Crippen molar-refractivity contribution in [2.24, 2.45) is 0 Å². The highest BCUT2D eigenvalue weighted by Crippen LogP contribution is 2.16. The monoisotopic (exact) mass is 304 g/mol. The Hall–Kier alpha value is -2.21. The summed E-state index contributed by atoms with van der Waals surface area (Å²) in [4.78, 5) is 36.4. The van der Waals surface area contributed by atoms with E-state index in [0.29, 0.717) is 12.2 Å². The van der Waals surface area contributed by atoms with E-state index in [-0.39, 0.29) is 43.1 Å². The molecular formula is C16H20N2O4. The smallest absolute Gasteiger partial charge is 0.251 e. The van der Waals surface area contributed by atoms with Crippen LogP contribution >= 0.6 is 0 Å². The summed E-state index contributed by atoms with van der Waals surface area (Å²) in [5.41, 5.74) is 1.36. The van der Waals surface area contributed by atoms with Crippen LogP contribution in [0.5, 0.6) is 0 Å². The minimum Gasteiger partial charge on any atom is -0.383 e. The Morgan fingerprint density at radius 3 is 2.36 bits per heavy atom. The molecule has 6 heteroatoms. The van der Waals surface area contributed by atoms with E-state index in [0.717, 1.165) is 5.56 Å². The molecule has 22 heavy (non-hydrogen) atoms. The number of nitrogens with zero attached hydrogens (tertiary/aromatic N) is 1. The topological polar surface area (TPSA) is 75.7 Å². The van der Waals surface area contributed by atoms with Gasteiger partial charge >= 0.3 is 0 Å². The second-order valence-electron chi connectivity index (χ2n) is 5.40. The van der Waals surface area contributed by atoms with E-state index in [1.165, 1.54) is 4.90 Å². The fraction of sp³-hybridized carbons (Fsp3) is 0.438. The Labute approximate surface area is 129 Å². The normalized spacial score (nSPS) is 16.0. The molecule has 0 aliphatic carbocycles. The third-order valence-electron chi connectivity index (χ3n) is 3.51. The zero-order valence-electron chi connectivity index (χ0n) is 12.8. The quantitative estimate of drug-likeness (QED) is 0.799. The van der Waals surface area contributed by atoms with Crippen molar-refractivity contribution in [2.45, 2.75) is 32.4 Å². The van der Waals surface area contributed by atoms with E-state index in [4.69, 9.17) is 4.74 Å². The summed E-state index contributed by atoms with van der Waals surface area (Å²) in [6.07, 6.45) is 0.577. The van der Waals surface area contributed by atoms with Crippen LogP contribution < -0.4 is 5.32 Å². The van der Waals surface area contributed by atoms with Crippen LogP contribution in [0.4, 0.5) is 0 Å². The van der Waals surface area contributed by atoms with Crippen LogP contribution in [0.3, 0.4) is 0 Å². The van der Waals surface area contributed by atoms with Gasteiger partial charge in [-0.2, -0.15) is 0 Å². The van der Waals surface area contributed by atoms with Crippen LogP contribution in [-0.4, -0.2) is 42.4 Å². The number of carbonyl (C=O) groups is 3. The molecule has 1 fully saturated rings. The SMILES string of the molecule is COCC(C)NC(=O)c1ccc(CN2C(=O)CCC2=O)cc1. The summed E-state index contributed by atoms with van der Waals surface area (Å²) in [6.45, 7) is 2.57. The number of hydrogen-bond acceptors (Lipinski definition) is 4. The van der Waals surface area contributed by atoms with Gasteiger partial charge in [0.15, 0.2) is 0 Å². The van der Waals surface area contributed by atoms with Gasteiger partial charge in [-0.3, -0.25) is 19.3 Å². The minimum absolute atomic E-state index is 0.0722. The van der Waals surface area contributed by atoms with E-state index in [2.05, 4.69) is 5.32 Å². The molecule has 0 aromatic heterocycles. The van der Waals surface area contributed by atoms with Crippen LogP contribution in [0.15, 0.2) is 24.3 Å². The van der Waals surface area contributed by atoms with E-state index < -0.39 is 0 Å². The second kappa shape index (κ2) is 7.17. The van der Waals surface area contributed by atoms with Crippen molar-refractivity contribution in [1.82, 2.24) is 10.2 Å². The predicted octanol–water partition coefficient (Wildman–Crippen LogP) is 1.10. The van der Waals surface area contributed by atoms with Gasteiger partial charge in [0, 0.05) is 31.6 Å². The van der Waals surface area contributed by atoms with Crippen LogP contribution in [0.1, 0.15) is 35.7 Å². The third-order valence-corrected chi connectivity index (χ3v) is 3.51. The third kappa shape index (κ3) is 3.92. The highest BCUT2D eigenvalue weighted by molar-refractivity contribution is 6.01. The largest absolute Gasteiger partial charge is 0.383 e. The Morgan fingerprint density at radius 2 is 1.82 bits per heavy atom. The zero-order valence-corrected chi connectivity index (χ0v) is 12.8. The van der Waals surface area contributed by atoms with Crippen molar-refractivity contribution in [3.63, 3.8) is 0 Å². The molecule has 6 nitrogen and oxygen atoms in total. The van der Waals surface area contributed by atoms with Crippen LogP contribution in [0.25, 0.3) is 0 Å². The summed E-state index contributed by atoms with van der Waals surface area (Å²) in [5.74, 6) is -0.454. The highest BCUT2D eigenvalue weighted by atomic mass is 16.5. The van der Waals surface area contributed by atoms with Crippen molar-refractivity contribution < 1.29 is 19.1 Å². The molecule has 118 valence electrons. The number of hydrogen-bond donors (Lipinski definition) is 1. The first-order valence-corrected chi connectivity index (χ1v) is 7.23. The summed E-state index contributed by atoms with van der Waals surface area (Å²) in [5, 5.41) is 2.82. The molecule has 3 amide bonds. The van der Waals surface area contributed by atoms with Gasteiger partial charge < -0.3 is 10.1 Å². The molecule has 0 bridgehead atoms. The summed E-state index contributed by atoms with van der Waals surface area (Å²) >= 11 is 0. The molecule has 1 N–H and O–H groups in total. The van der Waals surface area contributed by atoms with Crippen LogP contribution in [-0.2, 0) is 20.9 Å². The number of imide groups is 1. The number of carbonyl (C=O) groups excluding carboxylic acids is 3. The minimum atomic E-state index is -0.176. The van der Waals surface area contributed by atoms with E-state index in [1.54, 1.807) is 31.4 Å². The Bertz CT molecular complexity index is 552. The average Bonchev–Trinajstić information content (AvgIpc) is 2.80. The molecule has 2 rings (SSSR count). The average molecular weight is 304 g/mol. The molecule has 1 aliphatic rings. The standard InChI is InChI=1S/C16H20N2O4/c1-11(10-22-2)17-16(21)13-5-3-12(4-6-13)9-18-14(19)7-8-15(18)20/h3-6,11H,7-10H2,1-2H3,(H,17,21). The molecule has 1 aliphatic heterocycles. The summed E-state index contributed by atoms with van der Waals surface area (Å²) in [7, 11) is 1.58. The van der Waals surface area contributed by atoms with Gasteiger partial charge in [-0.15, -0.1) is 0 Å².